The Balaban J connectivity index is 1.98. The highest BCUT2D eigenvalue weighted by Gasteiger charge is 2.36. The van der Waals surface area contributed by atoms with Crippen molar-refractivity contribution in [3.63, 3.8) is 0 Å². The minimum atomic E-state index is -0.631. The van der Waals surface area contributed by atoms with Crippen molar-refractivity contribution in [3.8, 4) is 11.5 Å². The molecule has 7 nitrogen and oxygen atoms in total. The Morgan fingerprint density at radius 2 is 1.91 bits per heavy atom. The van der Waals surface area contributed by atoms with Gasteiger partial charge in [-0.2, -0.15) is 5.10 Å². The molecule has 1 aliphatic heterocycles. The van der Waals surface area contributed by atoms with Crippen molar-refractivity contribution >= 4 is 17.5 Å². The molecule has 2 aromatic rings. The molecule has 0 aromatic heterocycles. The van der Waals surface area contributed by atoms with Crippen LogP contribution in [0, 0.1) is 11.7 Å². The summed E-state index contributed by atoms with van der Waals surface area (Å²) < 4.78 is 25.4. The second-order valence-electron chi connectivity index (χ2n) is 7.94. The molecule has 3 rings (SSSR count). The lowest BCUT2D eigenvalue weighted by molar-refractivity contribution is -0.142. The Hall–Kier alpha value is -3.42. The zero-order valence-electron chi connectivity index (χ0n) is 19.0. The lowest BCUT2D eigenvalue weighted by Crippen LogP contribution is -2.40. The normalized spacial score (nSPS) is 15.5. The summed E-state index contributed by atoms with van der Waals surface area (Å²) in [5.41, 5.74) is 1.64. The quantitative estimate of drug-likeness (QED) is 0.658. The highest BCUT2D eigenvalue weighted by Crippen LogP contribution is 2.37. The molecule has 0 aliphatic carbocycles. The Kier molecular flexibility index (Phi) is 7.12. The van der Waals surface area contributed by atoms with E-state index >= 15 is 0 Å². The van der Waals surface area contributed by atoms with E-state index in [0.717, 1.165) is 0 Å². The molecule has 1 atom stereocenters. The van der Waals surface area contributed by atoms with Gasteiger partial charge in [-0.1, -0.05) is 32.0 Å². The minimum absolute atomic E-state index is 0.152. The first-order valence-corrected chi connectivity index (χ1v) is 10.4. The average molecular weight is 442 g/mol. The van der Waals surface area contributed by atoms with Gasteiger partial charge in [-0.25, -0.2) is 9.40 Å². The molecule has 0 unspecified atom stereocenters. The third-order valence-electron chi connectivity index (χ3n) is 5.39. The Labute approximate surface area is 187 Å². The number of hydrogen-bond acceptors (Lipinski definition) is 5. The van der Waals surface area contributed by atoms with Gasteiger partial charge in [0.2, 0.25) is 5.91 Å². The topological polar surface area (TPSA) is 71.4 Å². The number of nitrogens with zero attached hydrogens (tertiary/aromatic N) is 3. The van der Waals surface area contributed by atoms with E-state index in [-0.39, 0.29) is 18.4 Å². The zero-order chi connectivity index (χ0) is 23.4. The van der Waals surface area contributed by atoms with Gasteiger partial charge >= 0.3 is 0 Å². The van der Waals surface area contributed by atoms with E-state index < -0.39 is 17.8 Å². The second-order valence-corrected chi connectivity index (χ2v) is 7.94. The molecule has 32 heavy (non-hydrogen) atoms. The van der Waals surface area contributed by atoms with E-state index in [9.17, 15) is 14.0 Å². The van der Waals surface area contributed by atoms with Gasteiger partial charge in [-0.3, -0.25) is 9.59 Å². The number of benzene rings is 2. The van der Waals surface area contributed by atoms with Gasteiger partial charge in [0.25, 0.3) is 5.91 Å². The van der Waals surface area contributed by atoms with Gasteiger partial charge in [0, 0.05) is 36.6 Å². The van der Waals surface area contributed by atoms with Crippen LogP contribution in [0.3, 0.4) is 0 Å². The van der Waals surface area contributed by atoms with Crippen LogP contribution in [0.5, 0.6) is 11.5 Å². The molecule has 0 fully saturated rings. The summed E-state index contributed by atoms with van der Waals surface area (Å²) in [4.78, 5) is 26.8. The number of amides is 2. The van der Waals surface area contributed by atoms with Gasteiger partial charge in [0.05, 0.1) is 26.0 Å². The molecule has 8 heteroatoms. The third kappa shape index (κ3) is 4.74. The maximum absolute atomic E-state index is 14.7. The first kappa shape index (κ1) is 23.2. The number of hydrazone groups is 1. The van der Waals surface area contributed by atoms with Gasteiger partial charge < -0.3 is 14.4 Å². The van der Waals surface area contributed by atoms with Gasteiger partial charge in [0.15, 0.2) is 0 Å². The Morgan fingerprint density at radius 1 is 1.19 bits per heavy atom. The van der Waals surface area contributed by atoms with Crippen LogP contribution < -0.4 is 9.47 Å². The number of halogens is 1. The average Bonchev–Trinajstić information content (AvgIpc) is 3.23. The number of rotatable bonds is 7. The summed E-state index contributed by atoms with van der Waals surface area (Å²) >= 11 is 0. The molecule has 2 amide bonds. The first-order valence-electron chi connectivity index (χ1n) is 10.4. The van der Waals surface area contributed by atoms with Gasteiger partial charge in [-0.15, -0.1) is 0 Å². The number of likely N-dealkylation sites (N-methyl/N-ethyl adjacent to an activating group) is 1. The largest absolute Gasteiger partial charge is 0.497 e. The predicted octanol–water partition coefficient (Wildman–Crippen LogP) is 3.64. The van der Waals surface area contributed by atoms with Gasteiger partial charge in [0.1, 0.15) is 23.9 Å². The van der Waals surface area contributed by atoms with E-state index in [1.807, 2.05) is 0 Å². The SMILES string of the molecule is COc1ccc(C2=NN(C(=O)CN(C)C(=O)C(C)C)[C@@H](c3ccccc3F)C2)c(OC)c1. The molecule has 0 radical (unpaired) electrons. The van der Waals surface area contributed by atoms with Crippen molar-refractivity contribution in [2.75, 3.05) is 27.8 Å². The van der Waals surface area contributed by atoms with Crippen LogP contribution in [-0.2, 0) is 9.59 Å². The van der Waals surface area contributed by atoms with E-state index in [4.69, 9.17) is 9.47 Å². The number of methoxy groups -OCH3 is 2. The molecule has 1 aliphatic rings. The Morgan fingerprint density at radius 3 is 2.53 bits per heavy atom. The van der Waals surface area contributed by atoms with E-state index in [2.05, 4.69) is 5.10 Å². The zero-order valence-corrected chi connectivity index (χ0v) is 19.0. The summed E-state index contributed by atoms with van der Waals surface area (Å²) in [5.74, 6) is -0.0388. The second kappa shape index (κ2) is 9.80. The number of carbonyl (C=O) groups is 2. The minimum Gasteiger partial charge on any atom is -0.497 e. The number of hydrogen-bond donors (Lipinski definition) is 0. The molecule has 0 bridgehead atoms. The van der Waals surface area contributed by atoms with Gasteiger partial charge in [-0.05, 0) is 18.2 Å². The van der Waals surface area contributed by atoms with Crippen molar-refractivity contribution in [2.24, 2.45) is 11.0 Å². The lowest BCUT2D eigenvalue weighted by Gasteiger charge is -2.25. The van der Waals surface area contributed by atoms with Crippen LogP contribution in [0.15, 0.2) is 47.6 Å². The summed E-state index contributed by atoms with van der Waals surface area (Å²) in [7, 11) is 4.67. The fourth-order valence-corrected chi connectivity index (χ4v) is 3.72. The summed E-state index contributed by atoms with van der Waals surface area (Å²) in [6.07, 6.45) is 0.303. The molecular formula is C24H28FN3O4. The molecule has 0 spiro atoms. The van der Waals surface area contributed by atoms with Crippen LogP contribution in [0.1, 0.15) is 37.4 Å². The number of carbonyl (C=O) groups excluding carboxylic acids is 2. The van der Waals surface area contributed by atoms with Crippen molar-refractivity contribution < 1.29 is 23.5 Å². The van der Waals surface area contributed by atoms with Crippen molar-refractivity contribution in [1.29, 1.82) is 0 Å². The molecule has 1 heterocycles. The van der Waals surface area contributed by atoms with E-state index in [0.29, 0.717) is 34.8 Å². The van der Waals surface area contributed by atoms with Crippen LogP contribution in [-0.4, -0.2) is 55.2 Å². The lowest BCUT2D eigenvalue weighted by atomic mass is 9.97. The van der Waals surface area contributed by atoms with E-state index in [1.54, 1.807) is 64.4 Å². The van der Waals surface area contributed by atoms with E-state index in [1.165, 1.54) is 23.1 Å². The van der Waals surface area contributed by atoms with Crippen molar-refractivity contribution in [2.45, 2.75) is 26.3 Å². The van der Waals surface area contributed by atoms with Crippen LogP contribution >= 0.6 is 0 Å². The third-order valence-corrected chi connectivity index (χ3v) is 5.39. The van der Waals surface area contributed by atoms with Crippen LogP contribution in [0.2, 0.25) is 0 Å². The maximum Gasteiger partial charge on any atom is 0.262 e. The predicted molar refractivity (Wildman–Crippen MR) is 119 cm³/mol. The molecular weight excluding hydrogens is 413 g/mol. The summed E-state index contributed by atoms with van der Waals surface area (Å²) in [5, 5.41) is 5.83. The van der Waals surface area contributed by atoms with Crippen molar-refractivity contribution in [3.05, 3.63) is 59.4 Å². The molecule has 170 valence electrons. The monoisotopic (exact) mass is 441 g/mol. The Bertz CT molecular complexity index is 1040. The fraction of sp³-hybridized carbons (Fsp3) is 0.375. The highest BCUT2D eigenvalue weighted by molar-refractivity contribution is 6.05. The molecule has 0 N–H and O–H groups in total. The highest BCUT2D eigenvalue weighted by atomic mass is 19.1. The molecule has 0 saturated heterocycles. The smallest absolute Gasteiger partial charge is 0.262 e. The molecule has 0 saturated carbocycles. The standard InChI is InChI=1S/C24H28FN3O4/c1-15(2)24(30)27(3)14-23(29)28-21(17-8-6-7-9-19(17)25)13-20(26-28)18-11-10-16(31-4)12-22(18)32-5/h6-12,15,21H,13-14H2,1-5H3/t21-/m1/s1. The number of ether oxygens (including phenoxy) is 2. The fourth-order valence-electron chi connectivity index (χ4n) is 3.72. The van der Waals surface area contributed by atoms with Crippen LogP contribution in [0.25, 0.3) is 0 Å². The first-order chi connectivity index (χ1) is 15.3. The summed E-state index contributed by atoms with van der Waals surface area (Å²) in [6, 6.07) is 11.0. The van der Waals surface area contributed by atoms with Crippen molar-refractivity contribution in [1.82, 2.24) is 9.91 Å². The molecule has 2 aromatic carbocycles. The maximum atomic E-state index is 14.7. The van der Waals surface area contributed by atoms with Crippen LogP contribution in [0.4, 0.5) is 4.39 Å². The summed E-state index contributed by atoms with van der Waals surface area (Å²) in [6.45, 7) is 3.39.